The molecule has 0 aromatic carbocycles. The van der Waals surface area contributed by atoms with Crippen LogP contribution in [-0.2, 0) is 6.54 Å². The summed E-state index contributed by atoms with van der Waals surface area (Å²) in [4.78, 5) is 4.65. The zero-order valence-corrected chi connectivity index (χ0v) is 14.1. The number of aromatic nitrogens is 2. The Morgan fingerprint density at radius 3 is 2.91 bits per heavy atom. The second-order valence-electron chi connectivity index (χ2n) is 5.25. The van der Waals surface area contributed by atoms with Gasteiger partial charge in [-0.15, -0.1) is 11.3 Å². The van der Waals surface area contributed by atoms with Crippen molar-refractivity contribution < 1.29 is 4.42 Å². The van der Waals surface area contributed by atoms with Crippen LogP contribution >= 0.6 is 11.3 Å². The second kappa shape index (κ2) is 6.27. The minimum absolute atomic E-state index is 0.514. The van der Waals surface area contributed by atoms with Gasteiger partial charge in [0.1, 0.15) is 16.8 Å². The number of thiazole rings is 1. The van der Waals surface area contributed by atoms with Crippen LogP contribution in [0.1, 0.15) is 29.1 Å². The number of nitrogens with zero attached hydrogens (tertiary/aromatic N) is 3. The fourth-order valence-corrected chi connectivity index (χ4v) is 3.51. The molecule has 3 aromatic rings. The summed E-state index contributed by atoms with van der Waals surface area (Å²) in [6.07, 6.45) is 3.31. The molecule has 3 heterocycles. The predicted octanol–water partition coefficient (Wildman–Crippen LogP) is 4.91. The summed E-state index contributed by atoms with van der Waals surface area (Å²) in [5.41, 5.74) is 4.98. The van der Waals surface area contributed by atoms with Crippen LogP contribution in [0.25, 0.3) is 22.9 Å². The number of allylic oxidation sites excluding steroid dienone is 1. The third-order valence-corrected chi connectivity index (χ3v) is 4.73. The molecule has 0 bridgehead atoms. The normalized spacial score (nSPS) is 11.7. The molecule has 0 saturated carbocycles. The topological polar surface area (TPSA) is 54.8 Å². The third kappa shape index (κ3) is 2.86. The lowest BCUT2D eigenvalue weighted by Gasteiger charge is -2.04. The van der Waals surface area contributed by atoms with E-state index in [2.05, 4.69) is 42.5 Å². The third-order valence-electron chi connectivity index (χ3n) is 3.85. The van der Waals surface area contributed by atoms with Gasteiger partial charge < -0.3 is 8.98 Å². The summed E-state index contributed by atoms with van der Waals surface area (Å²) in [5, 5.41) is 12.1. The maximum absolute atomic E-state index is 9.40. The van der Waals surface area contributed by atoms with Crippen LogP contribution in [0.4, 0.5) is 0 Å². The quantitative estimate of drug-likeness (QED) is 0.641. The molecule has 3 rings (SSSR count). The molecule has 3 aromatic heterocycles. The van der Waals surface area contributed by atoms with Crippen LogP contribution in [0.2, 0.25) is 0 Å². The highest BCUT2D eigenvalue weighted by atomic mass is 32.1. The van der Waals surface area contributed by atoms with Crippen molar-refractivity contribution in [3.8, 4) is 17.3 Å². The minimum atomic E-state index is 0.514. The van der Waals surface area contributed by atoms with E-state index in [1.54, 1.807) is 18.4 Å². The van der Waals surface area contributed by atoms with Crippen LogP contribution in [0.3, 0.4) is 0 Å². The number of hydrogen-bond donors (Lipinski definition) is 0. The highest BCUT2D eigenvalue weighted by molar-refractivity contribution is 7.11. The molecule has 0 aliphatic carbocycles. The van der Waals surface area contributed by atoms with Crippen molar-refractivity contribution in [1.29, 1.82) is 5.26 Å². The van der Waals surface area contributed by atoms with Gasteiger partial charge in [0, 0.05) is 35.0 Å². The van der Waals surface area contributed by atoms with E-state index in [1.807, 2.05) is 11.4 Å². The maximum Gasteiger partial charge on any atom is 0.134 e. The van der Waals surface area contributed by atoms with Gasteiger partial charge in [-0.3, -0.25) is 0 Å². The first-order valence-corrected chi connectivity index (χ1v) is 8.30. The predicted molar refractivity (Wildman–Crippen MR) is 92.9 cm³/mol. The monoisotopic (exact) mass is 323 g/mol. The molecular formula is C18H17N3OS. The van der Waals surface area contributed by atoms with E-state index < -0.39 is 0 Å². The Bertz CT molecular complexity index is 891. The molecule has 0 amide bonds. The van der Waals surface area contributed by atoms with Crippen LogP contribution in [0.5, 0.6) is 0 Å². The first-order valence-electron chi connectivity index (χ1n) is 7.42. The van der Waals surface area contributed by atoms with E-state index >= 15 is 0 Å². The van der Waals surface area contributed by atoms with Gasteiger partial charge in [-0.05, 0) is 39.0 Å². The molecule has 4 nitrogen and oxygen atoms in total. The summed E-state index contributed by atoms with van der Waals surface area (Å²) < 4.78 is 7.54. The molecule has 0 aliphatic heterocycles. The average Bonchev–Trinajstić information content (AvgIpc) is 3.26. The van der Waals surface area contributed by atoms with E-state index in [1.165, 1.54) is 22.7 Å². The summed E-state index contributed by atoms with van der Waals surface area (Å²) >= 11 is 1.48. The molecule has 23 heavy (non-hydrogen) atoms. The first-order chi connectivity index (χ1) is 11.1. The summed E-state index contributed by atoms with van der Waals surface area (Å²) in [7, 11) is 0. The van der Waals surface area contributed by atoms with E-state index in [0.29, 0.717) is 16.3 Å². The van der Waals surface area contributed by atoms with Gasteiger partial charge in [-0.25, -0.2) is 4.98 Å². The highest BCUT2D eigenvalue weighted by Crippen LogP contribution is 2.30. The van der Waals surface area contributed by atoms with E-state index in [-0.39, 0.29) is 0 Å². The fourth-order valence-electron chi connectivity index (χ4n) is 2.73. The highest BCUT2D eigenvalue weighted by Gasteiger charge is 2.14. The zero-order valence-electron chi connectivity index (χ0n) is 13.3. The van der Waals surface area contributed by atoms with Crippen molar-refractivity contribution >= 4 is 23.0 Å². The molecule has 0 radical (unpaired) electrons. The van der Waals surface area contributed by atoms with Crippen LogP contribution in [0, 0.1) is 25.2 Å². The van der Waals surface area contributed by atoms with Crippen LogP contribution < -0.4 is 0 Å². The number of furan rings is 1. The van der Waals surface area contributed by atoms with Gasteiger partial charge >= 0.3 is 0 Å². The number of nitriles is 1. The Balaban J connectivity index is 1.99. The van der Waals surface area contributed by atoms with E-state index in [4.69, 9.17) is 4.42 Å². The Morgan fingerprint density at radius 2 is 2.30 bits per heavy atom. The van der Waals surface area contributed by atoms with Gasteiger partial charge in [0.05, 0.1) is 17.5 Å². The van der Waals surface area contributed by atoms with E-state index in [0.717, 1.165) is 17.8 Å². The van der Waals surface area contributed by atoms with Crippen molar-refractivity contribution in [3.63, 3.8) is 0 Å². The standard InChI is InChI=1S/C18H17N3OS/c1-4-21-12(2)8-16(13(21)3)17-11-23-18(20-17)14(10-19)9-15-6-5-7-22-15/h5-9,11H,4H2,1-3H3/b14-9+. The largest absolute Gasteiger partial charge is 0.465 e. The lowest BCUT2D eigenvalue weighted by Crippen LogP contribution is -1.98. The zero-order chi connectivity index (χ0) is 16.4. The summed E-state index contributed by atoms with van der Waals surface area (Å²) in [5.74, 6) is 0.655. The molecule has 0 atom stereocenters. The van der Waals surface area contributed by atoms with Gasteiger partial charge in [-0.2, -0.15) is 5.26 Å². The average molecular weight is 323 g/mol. The van der Waals surface area contributed by atoms with Crippen LogP contribution in [-0.4, -0.2) is 9.55 Å². The number of rotatable bonds is 4. The lowest BCUT2D eigenvalue weighted by molar-refractivity contribution is 0.557. The molecule has 0 saturated heterocycles. The van der Waals surface area contributed by atoms with Crippen molar-refractivity contribution in [2.24, 2.45) is 0 Å². The molecule has 0 unspecified atom stereocenters. The number of hydrogen-bond acceptors (Lipinski definition) is 4. The summed E-state index contributed by atoms with van der Waals surface area (Å²) in [6.45, 7) is 7.28. The molecule has 0 N–H and O–H groups in total. The van der Waals surface area contributed by atoms with Gasteiger partial charge in [-0.1, -0.05) is 0 Å². The van der Waals surface area contributed by atoms with Crippen molar-refractivity contribution in [1.82, 2.24) is 9.55 Å². The van der Waals surface area contributed by atoms with Crippen molar-refractivity contribution in [3.05, 3.63) is 52.0 Å². The molecule has 0 aliphatic rings. The molecule has 0 spiro atoms. The SMILES string of the molecule is CCn1c(C)cc(-c2csc(/C(C#N)=C/c3ccco3)n2)c1C. The minimum Gasteiger partial charge on any atom is -0.465 e. The first kappa shape index (κ1) is 15.3. The molecule has 116 valence electrons. The maximum atomic E-state index is 9.40. The van der Waals surface area contributed by atoms with Gasteiger partial charge in [0.2, 0.25) is 0 Å². The van der Waals surface area contributed by atoms with Gasteiger partial charge in [0.15, 0.2) is 0 Å². The van der Waals surface area contributed by atoms with Crippen LogP contribution in [0.15, 0.2) is 34.3 Å². The van der Waals surface area contributed by atoms with Crippen molar-refractivity contribution in [2.75, 3.05) is 0 Å². The Kier molecular flexibility index (Phi) is 4.18. The fraction of sp³-hybridized carbons (Fsp3) is 0.222. The van der Waals surface area contributed by atoms with E-state index in [9.17, 15) is 5.26 Å². The Labute approximate surface area is 139 Å². The Hall–Kier alpha value is -2.58. The Morgan fingerprint density at radius 1 is 1.48 bits per heavy atom. The number of aryl methyl sites for hydroxylation is 1. The lowest BCUT2D eigenvalue weighted by atomic mass is 10.2. The summed E-state index contributed by atoms with van der Waals surface area (Å²) in [6, 6.07) is 7.98. The molecule has 5 heteroatoms. The molecular weight excluding hydrogens is 306 g/mol. The van der Waals surface area contributed by atoms with Gasteiger partial charge in [0.25, 0.3) is 0 Å². The second-order valence-corrected chi connectivity index (χ2v) is 6.11. The molecule has 0 fully saturated rings. The van der Waals surface area contributed by atoms with Crippen molar-refractivity contribution in [2.45, 2.75) is 27.3 Å². The smallest absolute Gasteiger partial charge is 0.134 e.